The van der Waals surface area contributed by atoms with Crippen LogP contribution in [0.3, 0.4) is 0 Å². The second kappa shape index (κ2) is 10.7. The fourth-order valence-electron chi connectivity index (χ4n) is 5.61. The van der Waals surface area contributed by atoms with Gasteiger partial charge in [0.15, 0.2) is 0 Å². The van der Waals surface area contributed by atoms with Crippen molar-refractivity contribution in [1.29, 1.82) is 0 Å². The minimum Gasteiger partial charge on any atom is -0.454 e. The Morgan fingerprint density at radius 2 is 0.773 bits per heavy atom. The average molecular weight is 619 g/mol. The molecule has 0 radical (unpaired) electrons. The quantitative estimate of drug-likeness (QED) is 0.196. The summed E-state index contributed by atoms with van der Waals surface area (Å²) in [6.45, 7) is -11.5. The molecule has 0 bridgehead atoms. The molecule has 2 nitrogen and oxygen atoms in total. The lowest BCUT2D eigenvalue weighted by atomic mass is 9.87. The first-order valence-corrected chi connectivity index (χ1v) is 15.5. The Morgan fingerprint density at radius 3 is 1.18 bits per heavy atom. The van der Waals surface area contributed by atoms with E-state index in [2.05, 4.69) is 0 Å². The monoisotopic (exact) mass is 618 g/mol. The van der Waals surface area contributed by atoms with Crippen LogP contribution in [-0.2, 0) is 0 Å². The fourth-order valence-corrected chi connectivity index (χ4v) is 7.58. The van der Waals surface area contributed by atoms with Gasteiger partial charge in [0.1, 0.15) is 23.0 Å². The van der Waals surface area contributed by atoms with E-state index in [1.165, 1.54) is 47.8 Å². The third kappa shape index (κ3) is 4.52. The van der Waals surface area contributed by atoms with E-state index in [9.17, 15) is 0 Å². The van der Waals surface area contributed by atoms with E-state index < -0.39 is 27.4 Å². The van der Waals surface area contributed by atoms with Gasteiger partial charge in [0.2, 0.25) is 0 Å². The van der Waals surface area contributed by atoms with Gasteiger partial charge in [0, 0.05) is 27.6 Å². The van der Waals surface area contributed by atoms with Gasteiger partial charge in [-0.2, -0.15) is 0 Å². The third-order valence-electron chi connectivity index (χ3n) is 7.71. The summed E-state index contributed by atoms with van der Waals surface area (Å²) in [4.78, 5) is 3.08. The molecule has 0 saturated heterocycles. The lowest BCUT2D eigenvalue weighted by molar-refractivity contribution is 0.456. The minimum absolute atomic E-state index is 0.0608. The van der Waals surface area contributed by atoms with Crippen LogP contribution < -0.4 is 9.47 Å². The van der Waals surface area contributed by atoms with E-state index in [0.717, 1.165) is 9.79 Å². The molecule has 0 aromatic heterocycles. The standard InChI is InChI=1S/C40H30O2S2/c1-23-21-31(25(3)19-29(23)27-11-9-17-37-39(27)41-33-13-5-7-15-35(33)43-37)32-22-24(2)30(20-26(32)4)28-12-10-18-38-40(28)42-34-14-6-8-16-36(34)44-38/h5-22H,1-4H3/i1D3,2D3,3D3,4D3. The van der Waals surface area contributed by atoms with Crippen molar-refractivity contribution in [3.8, 4) is 56.4 Å². The van der Waals surface area contributed by atoms with E-state index >= 15 is 0 Å². The predicted molar refractivity (Wildman–Crippen MR) is 183 cm³/mol. The molecule has 6 aromatic carbocycles. The number of fused-ring (bicyclic) bond motifs is 4. The van der Waals surface area contributed by atoms with Gasteiger partial charge in [-0.15, -0.1) is 0 Å². The highest BCUT2D eigenvalue weighted by molar-refractivity contribution is 7.99. The summed E-state index contributed by atoms with van der Waals surface area (Å²) >= 11 is 2.85. The van der Waals surface area contributed by atoms with E-state index in [1.54, 1.807) is 48.5 Å². The maximum atomic E-state index is 8.66. The zero-order chi connectivity index (χ0) is 39.9. The lowest BCUT2D eigenvalue weighted by Gasteiger charge is -2.24. The molecule has 0 fully saturated rings. The summed E-state index contributed by atoms with van der Waals surface area (Å²) in [5, 5.41) is 0. The number of hydrogen-bond donors (Lipinski definition) is 0. The SMILES string of the molecule is [2H]C([2H])([2H])c1cc(-c2cccc3c2Oc2ccccc2S3)c(C([2H])([2H])[2H])cc1-c1cc(C([2H])([2H])[2H])c(-c2cccc3c2Oc2ccccc2S3)cc1C([2H])([2H])[2H]. The molecular formula is C40H30O2S2. The van der Waals surface area contributed by atoms with Crippen LogP contribution in [-0.4, -0.2) is 0 Å². The van der Waals surface area contributed by atoms with Gasteiger partial charge < -0.3 is 9.47 Å². The van der Waals surface area contributed by atoms with Gasteiger partial charge >= 0.3 is 0 Å². The number of benzene rings is 6. The molecule has 2 aliphatic rings. The van der Waals surface area contributed by atoms with Gasteiger partial charge in [-0.1, -0.05) is 96.3 Å². The van der Waals surface area contributed by atoms with E-state index in [0.29, 0.717) is 43.9 Å². The topological polar surface area (TPSA) is 18.5 Å². The summed E-state index contributed by atoms with van der Waals surface area (Å²) in [6, 6.07) is 29.9. The van der Waals surface area contributed by atoms with E-state index in [1.807, 2.05) is 36.4 Å². The second-order valence-electron chi connectivity index (χ2n) is 10.5. The van der Waals surface area contributed by atoms with Crippen LogP contribution in [0.4, 0.5) is 0 Å². The smallest absolute Gasteiger partial charge is 0.149 e. The normalized spacial score (nSPS) is 17.9. The van der Waals surface area contributed by atoms with Crippen LogP contribution in [0, 0.1) is 27.4 Å². The molecule has 6 aromatic rings. The average Bonchev–Trinajstić information content (AvgIpc) is 3.13. The minimum atomic E-state index is -2.91. The molecule has 0 N–H and O–H groups in total. The first kappa shape index (κ1) is 17.2. The molecule has 0 amide bonds. The van der Waals surface area contributed by atoms with Crippen molar-refractivity contribution in [2.24, 2.45) is 0 Å². The van der Waals surface area contributed by atoms with Crippen molar-refractivity contribution in [3.05, 3.63) is 131 Å². The number of rotatable bonds is 3. The van der Waals surface area contributed by atoms with Crippen LogP contribution >= 0.6 is 23.5 Å². The van der Waals surface area contributed by atoms with Crippen LogP contribution in [0.15, 0.2) is 129 Å². The lowest BCUT2D eigenvalue weighted by Crippen LogP contribution is -1.99. The predicted octanol–water partition coefficient (Wildman–Crippen LogP) is 12.4. The zero-order valence-corrected chi connectivity index (χ0v) is 24.7. The molecule has 4 heteroatoms. The molecule has 0 spiro atoms. The molecular weight excluding hydrogens is 577 g/mol. The van der Waals surface area contributed by atoms with Crippen molar-refractivity contribution in [2.45, 2.75) is 47.0 Å². The maximum absolute atomic E-state index is 8.66. The first-order valence-electron chi connectivity index (χ1n) is 19.8. The molecule has 8 rings (SSSR count). The highest BCUT2D eigenvalue weighted by Gasteiger charge is 2.24. The van der Waals surface area contributed by atoms with Crippen LogP contribution in [0.2, 0.25) is 0 Å². The van der Waals surface area contributed by atoms with Crippen molar-refractivity contribution >= 4 is 23.5 Å². The van der Waals surface area contributed by atoms with Crippen LogP contribution in [0.5, 0.6) is 23.0 Å². The molecule has 0 aliphatic carbocycles. The highest BCUT2D eigenvalue weighted by Crippen LogP contribution is 2.53. The van der Waals surface area contributed by atoms with Crippen molar-refractivity contribution in [1.82, 2.24) is 0 Å². The largest absolute Gasteiger partial charge is 0.454 e. The van der Waals surface area contributed by atoms with Gasteiger partial charge in [0.05, 0.1) is 19.6 Å². The summed E-state index contributed by atoms with van der Waals surface area (Å²) in [7, 11) is 0. The van der Waals surface area contributed by atoms with Crippen molar-refractivity contribution in [3.63, 3.8) is 0 Å². The number of ether oxygens (including phenoxy) is 2. The van der Waals surface area contributed by atoms with Crippen LogP contribution in [0.1, 0.15) is 38.7 Å². The fraction of sp³-hybridized carbons (Fsp3) is 0.100. The van der Waals surface area contributed by atoms with Gasteiger partial charge in [0.25, 0.3) is 0 Å². The molecule has 0 unspecified atom stereocenters. The van der Waals surface area contributed by atoms with Gasteiger partial charge in [-0.3, -0.25) is 0 Å². The Hall–Kier alpha value is -4.38. The summed E-state index contributed by atoms with van der Waals surface area (Å²) in [5.41, 5.74) is -0.927. The Kier molecular flexibility index (Phi) is 4.16. The van der Waals surface area contributed by atoms with Crippen molar-refractivity contribution < 1.29 is 25.9 Å². The Bertz CT molecular complexity index is 2380. The van der Waals surface area contributed by atoms with E-state index in [-0.39, 0.29) is 44.5 Å². The molecule has 0 atom stereocenters. The van der Waals surface area contributed by atoms with Gasteiger partial charge in [-0.25, -0.2) is 0 Å². The molecule has 2 aliphatic heterocycles. The molecule has 2 heterocycles. The van der Waals surface area contributed by atoms with E-state index in [4.69, 9.17) is 25.9 Å². The summed E-state index contributed by atoms with van der Waals surface area (Å²) in [6.07, 6.45) is 0. The Balaban J connectivity index is 1.39. The zero-order valence-electron chi connectivity index (χ0n) is 35.0. The third-order valence-corrected chi connectivity index (χ3v) is 9.90. The number of aryl methyl sites for hydroxylation is 4. The highest BCUT2D eigenvalue weighted by atomic mass is 32.2. The van der Waals surface area contributed by atoms with Crippen molar-refractivity contribution in [2.75, 3.05) is 0 Å². The Labute approximate surface area is 283 Å². The first-order chi connectivity index (χ1) is 26.3. The second-order valence-corrected chi connectivity index (χ2v) is 12.6. The van der Waals surface area contributed by atoms with Gasteiger partial charge in [-0.05, 0) is 108 Å². The maximum Gasteiger partial charge on any atom is 0.149 e. The molecule has 214 valence electrons. The van der Waals surface area contributed by atoms with Crippen LogP contribution in [0.25, 0.3) is 33.4 Å². The number of hydrogen-bond acceptors (Lipinski definition) is 4. The molecule has 0 saturated carbocycles. The summed E-state index contributed by atoms with van der Waals surface area (Å²) < 4.78 is 116. The number of para-hydroxylation sites is 4. The summed E-state index contributed by atoms with van der Waals surface area (Å²) in [5.74, 6) is 1.79. The molecule has 44 heavy (non-hydrogen) atoms. The Morgan fingerprint density at radius 1 is 0.409 bits per heavy atom.